The predicted molar refractivity (Wildman–Crippen MR) is 151 cm³/mol. The van der Waals surface area contributed by atoms with E-state index in [1.54, 1.807) is 49.6 Å². The molecule has 1 amide bonds. The molecule has 1 aliphatic heterocycles. The van der Waals surface area contributed by atoms with Crippen LogP contribution in [0.3, 0.4) is 0 Å². The molecule has 0 radical (unpaired) electrons. The van der Waals surface area contributed by atoms with Crippen LogP contribution in [0, 0.1) is 6.92 Å². The molecule has 9 nitrogen and oxygen atoms in total. The van der Waals surface area contributed by atoms with Gasteiger partial charge in [-0.2, -0.15) is 9.78 Å². The van der Waals surface area contributed by atoms with Gasteiger partial charge in [-0.15, -0.1) is 0 Å². The molecule has 3 aromatic carbocycles. The number of aryl methyl sites for hydroxylation is 1. The van der Waals surface area contributed by atoms with Crippen LogP contribution in [0.4, 0.5) is 11.4 Å². The van der Waals surface area contributed by atoms with Gasteiger partial charge in [0.1, 0.15) is 11.5 Å². The molecular weight excluding hydrogens is 494 g/mol. The zero-order valence-corrected chi connectivity index (χ0v) is 22.3. The number of hydrogen-bond donors (Lipinski definition) is 1. The molecular formula is C30H31N5O4. The summed E-state index contributed by atoms with van der Waals surface area (Å²) in [5, 5.41) is 7.58. The molecule has 9 heteroatoms. The van der Waals surface area contributed by atoms with E-state index >= 15 is 0 Å². The molecule has 0 spiro atoms. The Morgan fingerprint density at radius 3 is 2.31 bits per heavy atom. The number of carbonyl (C=O) groups excluding carboxylic acids is 1. The van der Waals surface area contributed by atoms with Crippen molar-refractivity contribution in [3.05, 3.63) is 100 Å². The summed E-state index contributed by atoms with van der Waals surface area (Å²) in [5.41, 5.74) is 2.66. The van der Waals surface area contributed by atoms with Gasteiger partial charge in [-0.05, 0) is 68.6 Å². The fourth-order valence-electron chi connectivity index (χ4n) is 4.34. The van der Waals surface area contributed by atoms with Crippen LogP contribution < -0.4 is 20.3 Å². The Hall–Kier alpha value is -4.63. The second-order valence-electron chi connectivity index (χ2n) is 9.52. The second-order valence-corrected chi connectivity index (χ2v) is 9.52. The molecule has 0 bridgehead atoms. The van der Waals surface area contributed by atoms with Crippen molar-refractivity contribution in [2.45, 2.75) is 6.92 Å². The van der Waals surface area contributed by atoms with Gasteiger partial charge in [0.25, 0.3) is 11.5 Å². The number of methoxy groups -OCH3 is 1. The second kappa shape index (κ2) is 11.4. The van der Waals surface area contributed by atoms with Crippen molar-refractivity contribution in [3.8, 4) is 22.9 Å². The maximum absolute atomic E-state index is 13.7. The third-order valence-corrected chi connectivity index (χ3v) is 6.68. The molecule has 0 atom stereocenters. The summed E-state index contributed by atoms with van der Waals surface area (Å²) in [6.07, 6.45) is 1.51. The van der Waals surface area contributed by atoms with Crippen molar-refractivity contribution in [2.24, 2.45) is 0 Å². The topological polar surface area (TPSA) is 88.9 Å². The number of nitrogens with one attached hydrogen (secondary N) is 1. The number of ether oxygens (including phenoxy) is 2. The molecule has 1 N–H and O–H groups in total. The summed E-state index contributed by atoms with van der Waals surface area (Å²) < 4.78 is 12.6. The Labute approximate surface area is 227 Å². The standard InChI is InChI=1S/C30H31N5O4/c1-21-7-9-24(10-8-21)35-30(37)28(27(20-31-35)39-26-13-11-25(38-3)12-14-26)32-23-6-4-5-22(19-23)29(36)34-17-15-33(2)16-18-34/h4-14,19-20,32H,15-18H2,1-3H3. The highest BCUT2D eigenvalue weighted by atomic mass is 16.5. The fraction of sp³-hybridized carbons (Fsp3) is 0.233. The van der Waals surface area contributed by atoms with Crippen LogP contribution in [0.2, 0.25) is 0 Å². The Morgan fingerprint density at radius 2 is 1.62 bits per heavy atom. The van der Waals surface area contributed by atoms with Gasteiger partial charge < -0.3 is 24.6 Å². The lowest BCUT2D eigenvalue weighted by atomic mass is 10.1. The molecule has 2 heterocycles. The first-order valence-electron chi connectivity index (χ1n) is 12.8. The average Bonchev–Trinajstić information content (AvgIpc) is 2.96. The van der Waals surface area contributed by atoms with E-state index in [1.165, 1.54) is 10.9 Å². The summed E-state index contributed by atoms with van der Waals surface area (Å²) in [7, 11) is 3.64. The number of hydrogen-bond acceptors (Lipinski definition) is 7. The van der Waals surface area contributed by atoms with E-state index in [0.29, 0.717) is 41.5 Å². The van der Waals surface area contributed by atoms with Crippen molar-refractivity contribution in [1.82, 2.24) is 19.6 Å². The molecule has 39 heavy (non-hydrogen) atoms. The number of aromatic nitrogens is 2. The molecule has 1 aliphatic rings. The minimum absolute atomic E-state index is 0.0340. The molecule has 1 fully saturated rings. The fourth-order valence-corrected chi connectivity index (χ4v) is 4.34. The first-order valence-corrected chi connectivity index (χ1v) is 12.8. The summed E-state index contributed by atoms with van der Waals surface area (Å²) >= 11 is 0. The summed E-state index contributed by atoms with van der Waals surface area (Å²) in [5.74, 6) is 1.43. The molecule has 200 valence electrons. The maximum Gasteiger partial charge on any atom is 0.299 e. The van der Waals surface area contributed by atoms with Crippen LogP contribution >= 0.6 is 0 Å². The normalized spacial score (nSPS) is 13.7. The van der Waals surface area contributed by atoms with Gasteiger partial charge in [0.05, 0.1) is 19.0 Å². The number of rotatable bonds is 7. The van der Waals surface area contributed by atoms with Crippen molar-refractivity contribution >= 4 is 17.3 Å². The molecule has 1 saturated heterocycles. The monoisotopic (exact) mass is 525 g/mol. The lowest BCUT2D eigenvalue weighted by Gasteiger charge is -2.32. The van der Waals surface area contributed by atoms with E-state index in [-0.39, 0.29) is 22.9 Å². The number of carbonyl (C=O) groups is 1. The lowest BCUT2D eigenvalue weighted by molar-refractivity contribution is 0.0664. The number of likely N-dealkylation sites (N-methyl/N-ethyl adjacent to an activating group) is 1. The highest BCUT2D eigenvalue weighted by molar-refractivity contribution is 5.95. The van der Waals surface area contributed by atoms with E-state index in [2.05, 4.69) is 22.4 Å². The number of anilines is 2. The van der Waals surface area contributed by atoms with Gasteiger partial charge in [-0.25, -0.2) is 0 Å². The van der Waals surface area contributed by atoms with Crippen LogP contribution in [0.25, 0.3) is 5.69 Å². The number of nitrogens with zero attached hydrogens (tertiary/aromatic N) is 4. The van der Waals surface area contributed by atoms with Crippen molar-refractivity contribution in [1.29, 1.82) is 0 Å². The Bertz CT molecular complexity index is 1510. The molecule has 0 saturated carbocycles. The van der Waals surface area contributed by atoms with Crippen LogP contribution in [0.1, 0.15) is 15.9 Å². The average molecular weight is 526 g/mol. The molecule has 0 unspecified atom stereocenters. The highest BCUT2D eigenvalue weighted by Gasteiger charge is 2.21. The largest absolute Gasteiger partial charge is 0.497 e. The first-order chi connectivity index (χ1) is 18.9. The molecule has 1 aromatic heterocycles. The molecule has 0 aliphatic carbocycles. The third kappa shape index (κ3) is 5.94. The van der Waals surface area contributed by atoms with E-state index in [4.69, 9.17) is 9.47 Å². The van der Waals surface area contributed by atoms with Gasteiger partial charge in [0.2, 0.25) is 0 Å². The Morgan fingerprint density at radius 1 is 0.923 bits per heavy atom. The van der Waals surface area contributed by atoms with E-state index in [1.807, 2.05) is 42.2 Å². The lowest BCUT2D eigenvalue weighted by Crippen LogP contribution is -2.47. The summed E-state index contributed by atoms with van der Waals surface area (Å²) in [4.78, 5) is 31.0. The van der Waals surface area contributed by atoms with E-state index in [9.17, 15) is 9.59 Å². The molecule has 4 aromatic rings. The minimum Gasteiger partial charge on any atom is -0.497 e. The summed E-state index contributed by atoms with van der Waals surface area (Å²) in [6.45, 7) is 5.02. The van der Waals surface area contributed by atoms with Crippen molar-refractivity contribution in [3.63, 3.8) is 0 Å². The van der Waals surface area contributed by atoms with Gasteiger partial charge in [0.15, 0.2) is 11.4 Å². The first kappa shape index (κ1) is 26.0. The highest BCUT2D eigenvalue weighted by Crippen LogP contribution is 2.30. The number of piperazine rings is 1. The van der Waals surface area contributed by atoms with Crippen LogP contribution in [0.5, 0.6) is 17.2 Å². The Balaban J connectivity index is 1.49. The van der Waals surface area contributed by atoms with Gasteiger partial charge in [-0.3, -0.25) is 9.59 Å². The predicted octanol–water partition coefficient (Wildman–Crippen LogP) is 4.47. The number of benzene rings is 3. The van der Waals surface area contributed by atoms with E-state index < -0.39 is 0 Å². The Kier molecular flexibility index (Phi) is 7.60. The van der Waals surface area contributed by atoms with Gasteiger partial charge in [0, 0.05) is 37.4 Å². The van der Waals surface area contributed by atoms with Crippen molar-refractivity contribution < 1.29 is 14.3 Å². The maximum atomic E-state index is 13.7. The smallest absolute Gasteiger partial charge is 0.299 e. The quantitative estimate of drug-likeness (QED) is 0.381. The van der Waals surface area contributed by atoms with Gasteiger partial charge >= 0.3 is 0 Å². The zero-order valence-electron chi connectivity index (χ0n) is 22.3. The molecule has 5 rings (SSSR count). The zero-order chi connectivity index (χ0) is 27.4. The van der Waals surface area contributed by atoms with Gasteiger partial charge in [-0.1, -0.05) is 23.8 Å². The van der Waals surface area contributed by atoms with E-state index in [0.717, 1.165) is 18.7 Å². The SMILES string of the molecule is COc1ccc(Oc2cnn(-c3ccc(C)cc3)c(=O)c2Nc2cccc(C(=O)N3CCN(C)CC3)c2)cc1. The van der Waals surface area contributed by atoms with Crippen LogP contribution in [-0.4, -0.2) is 65.8 Å². The third-order valence-electron chi connectivity index (χ3n) is 6.68. The summed E-state index contributed by atoms with van der Waals surface area (Å²) in [6, 6.07) is 21.7. The van der Waals surface area contributed by atoms with Crippen molar-refractivity contribution in [2.75, 3.05) is 45.7 Å². The van der Waals surface area contributed by atoms with Crippen LogP contribution in [0.15, 0.2) is 83.8 Å². The van der Waals surface area contributed by atoms with Crippen LogP contribution in [-0.2, 0) is 0 Å². The minimum atomic E-state index is -0.388. The number of amides is 1.